The quantitative estimate of drug-likeness (QED) is 0.449. The highest BCUT2D eigenvalue weighted by Crippen LogP contribution is 2.45. The monoisotopic (exact) mass is 318 g/mol. The van der Waals surface area contributed by atoms with Crippen molar-refractivity contribution in [3.05, 3.63) is 11.6 Å². The summed E-state index contributed by atoms with van der Waals surface area (Å²) in [4.78, 5) is 10.8. The molecule has 0 bridgehead atoms. The molecule has 0 aliphatic rings. The van der Waals surface area contributed by atoms with Gasteiger partial charge in [-0.25, -0.2) is 4.79 Å². The average molecular weight is 321 g/mol. The van der Waals surface area contributed by atoms with Crippen LogP contribution in [0.1, 0.15) is 0 Å². The van der Waals surface area contributed by atoms with Crippen LogP contribution < -0.4 is 0 Å². The Morgan fingerprint density at radius 1 is 1.21 bits per heavy atom. The fourth-order valence-electron chi connectivity index (χ4n) is 0.316. The lowest BCUT2D eigenvalue weighted by Gasteiger charge is -2.26. The van der Waals surface area contributed by atoms with Crippen LogP contribution in [0.5, 0.6) is 0 Å². The third kappa shape index (κ3) is 4.65. The third-order valence-electron chi connectivity index (χ3n) is 1.02. The van der Waals surface area contributed by atoms with Crippen LogP contribution in [-0.4, -0.2) is 20.7 Å². The van der Waals surface area contributed by atoms with Crippen LogP contribution >= 0.6 is 69.6 Å². The highest BCUT2D eigenvalue weighted by atomic mass is 35.6. The summed E-state index contributed by atoms with van der Waals surface area (Å²) < 4.78 is 0.677. The van der Waals surface area contributed by atoms with E-state index in [1.807, 2.05) is 0 Å². The molecule has 0 saturated carbocycles. The lowest BCUT2D eigenvalue weighted by molar-refractivity contribution is -0.138. The molecule has 0 unspecified atom stereocenters. The van der Waals surface area contributed by atoms with Gasteiger partial charge in [0.25, 0.3) is 0 Å². The highest BCUT2D eigenvalue weighted by molar-refractivity contribution is 6.75. The van der Waals surface area contributed by atoms with Gasteiger partial charge < -0.3 is 4.74 Å². The molecule has 8 heteroatoms. The lowest BCUT2D eigenvalue weighted by Crippen LogP contribution is -2.36. The van der Waals surface area contributed by atoms with Crippen molar-refractivity contribution in [2.24, 2.45) is 0 Å². The molecule has 0 fully saturated rings. The van der Waals surface area contributed by atoms with Gasteiger partial charge in [0.1, 0.15) is 11.6 Å². The molecule has 0 amide bonds. The maximum Gasteiger partial charge on any atom is 0.349 e. The lowest BCUT2D eigenvalue weighted by atomic mass is 10.5. The molecular weight excluding hydrogens is 317 g/mol. The van der Waals surface area contributed by atoms with Crippen molar-refractivity contribution < 1.29 is 9.53 Å². The Labute approximate surface area is 111 Å². The molecule has 2 nitrogen and oxygen atoms in total. The molecule has 14 heavy (non-hydrogen) atoms. The standard InChI is InChI=1S/C6H4Cl6O2/c1-3(7)4(13)14-2-5(8,9)6(10,11)12/h1-2H2. The number of carbonyl (C=O) groups is 1. The van der Waals surface area contributed by atoms with Crippen LogP contribution in [0.15, 0.2) is 11.6 Å². The number of alkyl halides is 5. The van der Waals surface area contributed by atoms with Crippen molar-refractivity contribution in [1.82, 2.24) is 0 Å². The Morgan fingerprint density at radius 2 is 1.64 bits per heavy atom. The summed E-state index contributed by atoms with van der Waals surface area (Å²) in [7, 11) is 0. The molecule has 0 aliphatic heterocycles. The maximum absolute atomic E-state index is 10.8. The number of hydrogen-bond donors (Lipinski definition) is 0. The van der Waals surface area contributed by atoms with Crippen molar-refractivity contribution in [2.75, 3.05) is 6.61 Å². The van der Waals surface area contributed by atoms with Crippen LogP contribution in [0.2, 0.25) is 0 Å². The normalized spacial score (nSPS) is 12.4. The summed E-state index contributed by atoms with van der Waals surface area (Å²) in [5.74, 6) is -0.883. The predicted octanol–water partition coefficient (Wildman–Crippen LogP) is 3.83. The van der Waals surface area contributed by atoms with E-state index in [9.17, 15) is 4.79 Å². The first-order valence-electron chi connectivity index (χ1n) is 3.04. The first-order valence-corrected chi connectivity index (χ1v) is 5.31. The van der Waals surface area contributed by atoms with Crippen LogP contribution in [0.25, 0.3) is 0 Å². The minimum Gasteiger partial charge on any atom is -0.458 e. The van der Waals surface area contributed by atoms with E-state index in [1.54, 1.807) is 0 Å². The largest absolute Gasteiger partial charge is 0.458 e. The molecule has 82 valence electrons. The predicted molar refractivity (Wildman–Crippen MR) is 60.7 cm³/mol. The van der Waals surface area contributed by atoms with E-state index in [-0.39, 0.29) is 5.03 Å². The second-order valence-corrected chi connectivity index (χ2v) is 6.40. The Morgan fingerprint density at radius 3 is 1.93 bits per heavy atom. The van der Waals surface area contributed by atoms with Crippen molar-refractivity contribution in [1.29, 1.82) is 0 Å². The molecule has 0 heterocycles. The molecular formula is C6H4Cl6O2. The Bertz CT molecular complexity index is 243. The molecule has 0 N–H and O–H groups in total. The fraction of sp³-hybridized carbons (Fsp3) is 0.500. The molecule has 0 aromatic carbocycles. The summed E-state index contributed by atoms with van der Waals surface area (Å²) in [6.45, 7) is 2.61. The van der Waals surface area contributed by atoms with E-state index in [0.29, 0.717) is 0 Å². The third-order valence-corrected chi connectivity index (χ3v) is 3.51. The van der Waals surface area contributed by atoms with Crippen molar-refractivity contribution in [3.63, 3.8) is 0 Å². The molecule has 0 atom stereocenters. The van der Waals surface area contributed by atoms with E-state index >= 15 is 0 Å². The molecule has 0 rings (SSSR count). The minimum absolute atomic E-state index is 0.321. The zero-order valence-corrected chi connectivity index (χ0v) is 11.0. The number of hydrogen-bond acceptors (Lipinski definition) is 2. The van der Waals surface area contributed by atoms with E-state index in [1.165, 1.54) is 0 Å². The summed E-state index contributed by atoms with van der Waals surface area (Å²) in [6, 6.07) is 0. The van der Waals surface area contributed by atoms with Crippen LogP contribution in [0.4, 0.5) is 0 Å². The van der Waals surface area contributed by atoms with Gasteiger partial charge in [-0.1, -0.05) is 76.2 Å². The van der Waals surface area contributed by atoms with Gasteiger partial charge in [0.05, 0.1) is 0 Å². The van der Waals surface area contributed by atoms with Gasteiger partial charge >= 0.3 is 5.97 Å². The van der Waals surface area contributed by atoms with Crippen LogP contribution in [0, 0.1) is 0 Å². The second kappa shape index (κ2) is 5.33. The van der Waals surface area contributed by atoms with E-state index in [0.717, 1.165) is 0 Å². The number of ether oxygens (including phenoxy) is 1. The summed E-state index contributed by atoms with van der Waals surface area (Å²) in [6.07, 6.45) is 0. The van der Waals surface area contributed by atoms with Crippen LogP contribution in [-0.2, 0) is 9.53 Å². The maximum atomic E-state index is 10.8. The summed E-state index contributed by atoms with van der Waals surface area (Å²) in [5, 5.41) is -0.321. The first kappa shape index (κ1) is 14.9. The van der Waals surface area contributed by atoms with Crippen molar-refractivity contribution >= 4 is 75.6 Å². The van der Waals surface area contributed by atoms with Crippen molar-refractivity contribution in [2.45, 2.75) is 8.13 Å². The van der Waals surface area contributed by atoms with Gasteiger partial charge in [-0.2, -0.15) is 0 Å². The second-order valence-electron chi connectivity index (χ2n) is 2.18. The Kier molecular flexibility index (Phi) is 5.69. The van der Waals surface area contributed by atoms with E-state index < -0.39 is 20.7 Å². The van der Waals surface area contributed by atoms with Crippen molar-refractivity contribution in [3.8, 4) is 0 Å². The van der Waals surface area contributed by atoms with Gasteiger partial charge in [0, 0.05) is 0 Å². The zero-order valence-electron chi connectivity index (χ0n) is 6.50. The fourth-order valence-corrected chi connectivity index (χ4v) is 0.644. The van der Waals surface area contributed by atoms with Gasteiger partial charge in [-0.05, 0) is 0 Å². The van der Waals surface area contributed by atoms with Gasteiger partial charge in [0.15, 0.2) is 4.33 Å². The van der Waals surface area contributed by atoms with E-state index in [2.05, 4.69) is 11.3 Å². The minimum atomic E-state index is -1.98. The average Bonchev–Trinajstić information content (AvgIpc) is 1.97. The highest BCUT2D eigenvalue weighted by Gasteiger charge is 2.47. The van der Waals surface area contributed by atoms with E-state index in [4.69, 9.17) is 69.6 Å². The molecule has 0 spiro atoms. The number of esters is 1. The van der Waals surface area contributed by atoms with Crippen LogP contribution in [0.3, 0.4) is 0 Å². The van der Waals surface area contributed by atoms with Gasteiger partial charge in [-0.15, -0.1) is 0 Å². The summed E-state index contributed by atoms with van der Waals surface area (Å²) >= 11 is 32.6. The Balaban J connectivity index is 4.27. The molecule has 0 aromatic heterocycles. The Hall–Kier alpha value is 0.950. The SMILES string of the molecule is C=C(Cl)C(=O)OCC(Cl)(Cl)C(Cl)(Cl)Cl. The molecule has 0 aliphatic carbocycles. The summed E-state index contributed by atoms with van der Waals surface area (Å²) in [5.41, 5.74) is 0. The topological polar surface area (TPSA) is 26.3 Å². The van der Waals surface area contributed by atoms with Gasteiger partial charge in [0.2, 0.25) is 3.79 Å². The van der Waals surface area contributed by atoms with Gasteiger partial charge in [-0.3, -0.25) is 0 Å². The molecule has 0 aromatic rings. The molecule has 0 radical (unpaired) electrons. The number of rotatable bonds is 3. The smallest absolute Gasteiger partial charge is 0.349 e. The number of halogens is 6. The molecule has 0 saturated heterocycles. The first-order chi connectivity index (χ1) is 6.08. The zero-order chi connectivity index (χ0) is 11.6. The number of carbonyl (C=O) groups excluding carboxylic acids is 1.